The molecule has 3 rings (SSSR count). The van der Waals surface area contributed by atoms with Crippen molar-refractivity contribution in [3.63, 3.8) is 0 Å². The highest BCUT2D eigenvalue weighted by atomic mass is 32.2. The Hall–Kier alpha value is -2.54. The van der Waals surface area contributed by atoms with Gasteiger partial charge in [0.15, 0.2) is 9.84 Å². The van der Waals surface area contributed by atoms with E-state index in [9.17, 15) is 13.2 Å². The highest BCUT2D eigenvalue weighted by molar-refractivity contribution is 7.91. The maximum Gasteiger partial charge on any atom is 0.254 e. The summed E-state index contributed by atoms with van der Waals surface area (Å²) in [6.07, 6.45) is 1.44. The second-order valence-corrected chi connectivity index (χ2v) is 10.4. The van der Waals surface area contributed by atoms with E-state index in [-0.39, 0.29) is 29.6 Å². The fraction of sp³-hybridized carbons (Fsp3) is 0.458. The number of rotatable bonds is 9. The molecule has 1 fully saturated rings. The second-order valence-electron chi connectivity index (χ2n) is 8.17. The van der Waals surface area contributed by atoms with Crippen molar-refractivity contribution < 1.29 is 22.7 Å². The van der Waals surface area contributed by atoms with Gasteiger partial charge in [0.25, 0.3) is 5.91 Å². The van der Waals surface area contributed by atoms with Crippen molar-refractivity contribution in [3.05, 3.63) is 59.7 Å². The molecular weight excluding hydrogens is 414 g/mol. The highest BCUT2D eigenvalue weighted by Crippen LogP contribution is 2.24. The molecule has 0 radical (unpaired) electrons. The van der Waals surface area contributed by atoms with Crippen LogP contribution in [0.5, 0.6) is 11.5 Å². The number of ether oxygens (including phenoxy) is 2. The van der Waals surface area contributed by atoms with Gasteiger partial charge in [-0.1, -0.05) is 19.1 Å². The van der Waals surface area contributed by atoms with E-state index in [4.69, 9.17) is 9.47 Å². The van der Waals surface area contributed by atoms with Crippen LogP contribution in [0.1, 0.15) is 49.5 Å². The molecule has 7 heteroatoms. The van der Waals surface area contributed by atoms with Crippen LogP contribution in [-0.2, 0) is 16.4 Å². The molecule has 2 aromatic carbocycles. The van der Waals surface area contributed by atoms with Crippen molar-refractivity contribution in [1.29, 1.82) is 0 Å². The average Bonchev–Trinajstić information content (AvgIpc) is 3.10. The normalized spacial score (nSPS) is 17.5. The van der Waals surface area contributed by atoms with E-state index in [1.807, 2.05) is 38.1 Å². The Labute approximate surface area is 185 Å². The minimum absolute atomic E-state index is 0.00494. The number of hydrogen-bond donors (Lipinski definition) is 0. The Morgan fingerprint density at radius 3 is 2.26 bits per heavy atom. The van der Waals surface area contributed by atoms with Crippen LogP contribution in [0, 0.1) is 0 Å². The zero-order chi connectivity index (χ0) is 22.4. The number of carbonyl (C=O) groups is 1. The molecule has 1 aliphatic rings. The van der Waals surface area contributed by atoms with Gasteiger partial charge in [-0.3, -0.25) is 4.79 Å². The number of benzene rings is 2. The van der Waals surface area contributed by atoms with Crippen LogP contribution in [0.25, 0.3) is 0 Å². The molecule has 0 saturated carbocycles. The second kappa shape index (κ2) is 10.2. The summed E-state index contributed by atoms with van der Waals surface area (Å²) in [6.45, 7) is 6.94. The van der Waals surface area contributed by atoms with Gasteiger partial charge in [0, 0.05) is 18.2 Å². The topological polar surface area (TPSA) is 72.9 Å². The lowest BCUT2D eigenvalue weighted by Gasteiger charge is -2.29. The maximum atomic E-state index is 13.4. The molecular formula is C24H31NO5S. The molecule has 2 aromatic rings. The predicted octanol–water partition coefficient (Wildman–Crippen LogP) is 4.09. The number of nitrogens with zero attached hydrogens (tertiary/aromatic N) is 1. The number of amides is 1. The number of sulfone groups is 1. The van der Waals surface area contributed by atoms with Crippen LogP contribution in [0.2, 0.25) is 0 Å². The zero-order valence-corrected chi connectivity index (χ0v) is 19.2. The molecule has 0 aliphatic carbocycles. The van der Waals surface area contributed by atoms with E-state index in [1.54, 1.807) is 29.2 Å². The molecule has 168 valence electrons. The SMILES string of the molecule is CCCOc1ccc(CN(C(=O)c2ccc(OC(C)C)cc2)[C@H]2CCS(=O)(=O)C2)cc1. The van der Waals surface area contributed by atoms with Gasteiger partial charge in [-0.25, -0.2) is 8.42 Å². The first-order chi connectivity index (χ1) is 14.8. The van der Waals surface area contributed by atoms with Crippen LogP contribution in [0.15, 0.2) is 48.5 Å². The summed E-state index contributed by atoms with van der Waals surface area (Å²) < 4.78 is 35.4. The first-order valence-electron chi connectivity index (χ1n) is 10.8. The standard InChI is InChI=1S/C24H31NO5S/c1-4-14-29-22-9-5-19(6-10-22)16-25(21-13-15-31(27,28)17-21)24(26)20-7-11-23(12-8-20)30-18(2)3/h5-12,18,21H,4,13-17H2,1-3H3/t21-/m0/s1. The van der Waals surface area contributed by atoms with Crippen LogP contribution in [-0.4, -0.2) is 49.5 Å². The van der Waals surface area contributed by atoms with E-state index in [1.165, 1.54) is 0 Å². The summed E-state index contributed by atoms with van der Waals surface area (Å²) in [4.78, 5) is 15.0. The molecule has 6 nitrogen and oxygen atoms in total. The summed E-state index contributed by atoms with van der Waals surface area (Å²) in [5.41, 5.74) is 1.45. The lowest BCUT2D eigenvalue weighted by Crippen LogP contribution is -2.40. The molecule has 31 heavy (non-hydrogen) atoms. The van der Waals surface area contributed by atoms with E-state index >= 15 is 0 Å². The van der Waals surface area contributed by atoms with Crippen molar-refractivity contribution in [3.8, 4) is 11.5 Å². The van der Waals surface area contributed by atoms with Gasteiger partial charge in [0.2, 0.25) is 0 Å². The van der Waals surface area contributed by atoms with Crippen LogP contribution >= 0.6 is 0 Å². The summed E-state index contributed by atoms with van der Waals surface area (Å²) in [6, 6.07) is 14.3. The monoisotopic (exact) mass is 445 g/mol. The molecule has 1 saturated heterocycles. The first kappa shape index (κ1) is 23.1. The molecule has 0 aromatic heterocycles. The summed E-state index contributed by atoms with van der Waals surface area (Å²) in [5.74, 6) is 1.43. The Morgan fingerprint density at radius 1 is 1.06 bits per heavy atom. The lowest BCUT2D eigenvalue weighted by molar-refractivity contribution is 0.0681. The Bertz CT molecular complexity index is 968. The van der Waals surface area contributed by atoms with Crippen molar-refractivity contribution in [2.75, 3.05) is 18.1 Å². The van der Waals surface area contributed by atoms with Gasteiger partial charge < -0.3 is 14.4 Å². The van der Waals surface area contributed by atoms with Crippen LogP contribution < -0.4 is 9.47 Å². The lowest BCUT2D eigenvalue weighted by atomic mass is 10.1. The zero-order valence-electron chi connectivity index (χ0n) is 18.4. The molecule has 0 unspecified atom stereocenters. The van der Waals surface area contributed by atoms with Crippen LogP contribution in [0.3, 0.4) is 0 Å². The smallest absolute Gasteiger partial charge is 0.254 e. The van der Waals surface area contributed by atoms with Gasteiger partial charge >= 0.3 is 0 Å². The summed E-state index contributed by atoms with van der Waals surface area (Å²) >= 11 is 0. The van der Waals surface area contributed by atoms with Gasteiger partial charge in [0.05, 0.1) is 24.2 Å². The van der Waals surface area contributed by atoms with E-state index in [0.29, 0.717) is 30.9 Å². The molecule has 1 atom stereocenters. The van der Waals surface area contributed by atoms with Crippen molar-refractivity contribution in [2.24, 2.45) is 0 Å². The van der Waals surface area contributed by atoms with Crippen LogP contribution in [0.4, 0.5) is 0 Å². The van der Waals surface area contributed by atoms with Gasteiger partial charge in [-0.05, 0) is 68.7 Å². The minimum atomic E-state index is -3.12. The molecule has 1 heterocycles. The molecule has 1 aliphatic heterocycles. The quantitative estimate of drug-likeness (QED) is 0.581. The van der Waals surface area contributed by atoms with Crippen molar-refractivity contribution in [1.82, 2.24) is 4.90 Å². The maximum absolute atomic E-state index is 13.4. The molecule has 0 bridgehead atoms. The van der Waals surface area contributed by atoms with Gasteiger partial charge in [0.1, 0.15) is 11.5 Å². The fourth-order valence-electron chi connectivity index (χ4n) is 3.61. The van der Waals surface area contributed by atoms with Gasteiger partial charge in [-0.15, -0.1) is 0 Å². The Balaban J connectivity index is 1.80. The van der Waals surface area contributed by atoms with E-state index in [2.05, 4.69) is 6.92 Å². The third-order valence-electron chi connectivity index (χ3n) is 5.13. The molecule has 0 spiro atoms. The third-order valence-corrected chi connectivity index (χ3v) is 6.88. The number of carbonyl (C=O) groups excluding carboxylic acids is 1. The summed E-state index contributed by atoms with van der Waals surface area (Å²) in [5, 5.41) is 0. The van der Waals surface area contributed by atoms with Crippen molar-refractivity contribution >= 4 is 15.7 Å². The largest absolute Gasteiger partial charge is 0.494 e. The van der Waals surface area contributed by atoms with Gasteiger partial charge in [-0.2, -0.15) is 0 Å². The number of hydrogen-bond acceptors (Lipinski definition) is 5. The Morgan fingerprint density at radius 2 is 1.71 bits per heavy atom. The molecule has 1 amide bonds. The van der Waals surface area contributed by atoms with Crippen molar-refractivity contribution in [2.45, 2.75) is 52.3 Å². The first-order valence-corrected chi connectivity index (χ1v) is 12.6. The van der Waals surface area contributed by atoms with E-state index < -0.39 is 9.84 Å². The molecule has 0 N–H and O–H groups in total. The average molecular weight is 446 g/mol. The highest BCUT2D eigenvalue weighted by Gasteiger charge is 2.35. The fourth-order valence-corrected chi connectivity index (χ4v) is 5.34. The Kier molecular flexibility index (Phi) is 7.59. The minimum Gasteiger partial charge on any atom is -0.494 e. The predicted molar refractivity (Wildman–Crippen MR) is 121 cm³/mol. The van der Waals surface area contributed by atoms with E-state index in [0.717, 1.165) is 17.7 Å². The summed E-state index contributed by atoms with van der Waals surface area (Å²) in [7, 11) is -3.12. The third kappa shape index (κ3) is 6.47.